The molecule has 0 aliphatic carbocycles. The molecule has 0 aliphatic rings. The van der Waals surface area contributed by atoms with E-state index in [0.717, 1.165) is 5.03 Å². The zero-order valence-corrected chi connectivity index (χ0v) is 8.27. The van der Waals surface area contributed by atoms with E-state index in [-0.39, 0.29) is 6.10 Å². The molecule has 0 bridgehead atoms. The van der Waals surface area contributed by atoms with Gasteiger partial charge in [0.05, 0.1) is 11.1 Å². The number of aliphatic hydroxyl groups excluding tert-OH is 1. The van der Waals surface area contributed by atoms with Crippen LogP contribution in [0.3, 0.4) is 0 Å². The van der Waals surface area contributed by atoms with Crippen molar-refractivity contribution in [1.82, 2.24) is 4.98 Å². The molecule has 2 nitrogen and oxygen atoms in total. The largest absolute Gasteiger partial charge is 0.393 e. The SMILES string of the molecule is C[C@@H](O)CSc1ncccc1Cl. The smallest absolute Gasteiger partial charge is 0.115 e. The number of aromatic nitrogens is 1. The van der Waals surface area contributed by atoms with Gasteiger partial charge in [0.2, 0.25) is 0 Å². The summed E-state index contributed by atoms with van der Waals surface area (Å²) in [5.41, 5.74) is 0. The van der Waals surface area contributed by atoms with Crippen molar-refractivity contribution in [2.45, 2.75) is 18.1 Å². The van der Waals surface area contributed by atoms with Crippen molar-refractivity contribution in [3.63, 3.8) is 0 Å². The van der Waals surface area contributed by atoms with Gasteiger partial charge in [-0.2, -0.15) is 0 Å². The lowest BCUT2D eigenvalue weighted by atomic mass is 10.5. The number of pyridine rings is 1. The fourth-order valence-corrected chi connectivity index (χ4v) is 1.70. The van der Waals surface area contributed by atoms with Crippen LogP contribution >= 0.6 is 23.4 Å². The van der Waals surface area contributed by atoms with Crippen LogP contribution in [-0.2, 0) is 0 Å². The fraction of sp³-hybridized carbons (Fsp3) is 0.375. The maximum Gasteiger partial charge on any atom is 0.115 e. The Labute approximate surface area is 81.0 Å². The van der Waals surface area contributed by atoms with Gasteiger partial charge < -0.3 is 5.11 Å². The van der Waals surface area contributed by atoms with Gasteiger partial charge in [-0.1, -0.05) is 11.6 Å². The predicted molar refractivity (Wildman–Crippen MR) is 51.7 cm³/mol. The van der Waals surface area contributed by atoms with Crippen molar-refractivity contribution >= 4 is 23.4 Å². The molecular weight excluding hydrogens is 194 g/mol. The van der Waals surface area contributed by atoms with Gasteiger partial charge in [0.25, 0.3) is 0 Å². The summed E-state index contributed by atoms with van der Waals surface area (Å²) in [4.78, 5) is 4.07. The Kier molecular flexibility index (Phi) is 3.85. The lowest BCUT2D eigenvalue weighted by Crippen LogP contribution is -2.02. The van der Waals surface area contributed by atoms with Crippen molar-refractivity contribution in [1.29, 1.82) is 0 Å². The molecule has 4 heteroatoms. The van der Waals surface area contributed by atoms with Crippen LogP contribution in [0.4, 0.5) is 0 Å². The maximum atomic E-state index is 9.01. The zero-order valence-electron chi connectivity index (χ0n) is 6.70. The van der Waals surface area contributed by atoms with Crippen molar-refractivity contribution in [2.75, 3.05) is 5.75 Å². The molecule has 1 aromatic heterocycles. The van der Waals surface area contributed by atoms with E-state index in [0.29, 0.717) is 10.8 Å². The molecule has 0 unspecified atom stereocenters. The summed E-state index contributed by atoms with van der Waals surface area (Å²) in [6.45, 7) is 1.74. The van der Waals surface area contributed by atoms with Crippen molar-refractivity contribution < 1.29 is 5.11 Å². The van der Waals surface area contributed by atoms with E-state index in [1.165, 1.54) is 11.8 Å². The first-order valence-electron chi connectivity index (χ1n) is 3.61. The second-order valence-electron chi connectivity index (χ2n) is 2.45. The van der Waals surface area contributed by atoms with Crippen molar-refractivity contribution in [3.05, 3.63) is 23.4 Å². The highest BCUT2D eigenvalue weighted by atomic mass is 35.5. The molecule has 1 N–H and O–H groups in total. The molecule has 1 aromatic rings. The summed E-state index contributed by atoms with van der Waals surface area (Å²) in [7, 11) is 0. The van der Waals surface area contributed by atoms with E-state index in [1.54, 1.807) is 25.3 Å². The van der Waals surface area contributed by atoms with Gasteiger partial charge in [-0.05, 0) is 19.1 Å². The lowest BCUT2D eigenvalue weighted by molar-refractivity contribution is 0.220. The van der Waals surface area contributed by atoms with E-state index < -0.39 is 0 Å². The molecule has 0 saturated carbocycles. The number of rotatable bonds is 3. The Bertz CT molecular complexity index is 255. The molecular formula is C8H10ClNOS. The average Bonchev–Trinajstić information content (AvgIpc) is 2.03. The average molecular weight is 204 g/mol. The molecule has 0 spiro atoms. The summed E-state index contributed by atoms with van der Waals surface area (Å²) in [5, 5.41) is 10.4. The minimum Gasteiger partial charge on any atom is -0.393 e. The summed E-state index contributed by atoms with van der Waals surface area (Å²) in [6.07, 6.45) is 1.36. The van der Waals surface area contributed by atoms with Crippen LogP contribution in [0.15, 0.2) is 23.4 Å². The highest BCUT2D eigenvalue weighted by Gasteiger charge is 2.02. The quantitative estimate of drug-likeness (QED) is 0.765. The fourth-order valence-electron chi connectivity index (χ4n) is 0.677. The minimum absolute atomic E-state index is 0.326. The van der Waals surface area contributed by atoms with Gasteiger partial charge in [0.15, 0.2) is 0 Å². The van der Waals surface area contributed by atoms with Crippen molar-refractivity contribution in [3.8, 4) is 0 Å². The van der Waals surface area contributed by atoms with E-state index in [2.05, 4.69) is 4.98 Å². The Balaban J connectivity index is 2.57. The molecule has 0 saturated heterocycles. The number of thioether (sulfide) groups is 1. The number of hydrogen-bond acceptors (Lipinski definition) is 3. The maximum absolute atomic E-state index is 9.01. The van der Waals surface area contributed by atoms with Crippen LogP contribution in [0, 0.1) is 0 Å². The second kappa shape index (κ2) is 4.70. The molecule has 66 valence electrons. The minimum atomic E-state index is -0.326. The first kappa shape index (κ1) is 9.84. The van der Waals surface area contributed by atoms with Crippen LogP contribution in [-0.4, -0.2) is 21.9 Å². The molecule has 0 radical (unpaired) electrons. The lowest BCUT2D eigenvalue weighted by Gasteiger charge is -2.03. The van der Waals surface area contributed by atoms with Gasteiger partial charge >= 0.3 is 0 Å². The Hall–Kier alpha value is -0.250. The molecule has 0 fully saturated rings. The van der Waals surface area contributed by atoms with Crippen LogP contribution < -0.4 is 0 Å². The van der Waals surface area contributed by atoms with Gasteiger partial charge in [0, 0.05) is 11.9 Å². The van der Waals surface area contributed by atoms with Gasteiger partial charge in [-0.25, -0.2) is 4.98 Å². The third-order valence-corrected chi connectivity index (χ3v) is 2.85. The molecule has 0 amide bonds. The predicted octanol–water partition coefficient (Wildman–Crippen LogP) is 2.21. The van der Waals surface area contributed by atoms with Gasteiger partial charge in [0.1, 0.15) is 5.03 Å². The summed E-state index contributed by atoms with van der Waals surface area (Å²) in [6, 6.07) is 3.58. The third-order valence-electron chi connectivity index (χ3n) is 1.19. The highest BCUT2D eigenvalue weighted by molar-refractivity contribution is 7.99. The Morgan fingerprint density at radius 3 is 3.08 bits per heavy atom. The Morgan fingerprint density at radius 1 is 1.75 bits per heavy atom. The third kappa shape index (κ3) is 3.01. The first-order valence-corrected chi connectivity index (χ1v) is 4.98. The summed E-state index contributed by atoms with van der Waals surface area (Å²) in [5.74, 6) is 0.622. The molecule has 0 aromatic carbocycles. The summed E-state index contributed by atoms with van der Waals surface area (Å²) < 4.78 is 0. The number of nitrogens with zero attached hydrogens (tertiary/aromatic N) is 1. The zero-order chi connectivity index (χ0) is 8.97. The summed E-state index contributed by atoms with van der Waals surface area (Å²) >= 11 is 7.30. The highest BCUT2D eigenvalue weighted by Crippen LogP contribution is 2.24. The van der Waals surface area contributed by atoms with Crippen molar-refractivity contribution in [2.24, 2.45) is 0 Å². The monoisotopic (exact) mass is 203 g/mol. The van der Waals surface area contributed by atoms with Crippen LogP contribution in [0.5, 0.6) is 0 Å². The van der Waals surface area contributed by atoms with E-state index >= 15 is 0 Å². The normalized spacial score (nSPS) is 12.9. The van der Waals surface area contributed by atoms with Gasteiger partial charge in [-0.3, -0.25) is 0 Å². The van der Waals surface area contributed by atoms with Gasteiger partial charge in [-0.15, -0.1) is 11.8 Å². The molecule has 0 aliphatic heterocycles. The Morgan fingerprint density at radius 2 is 2.50 bits per heavy atom. The molecule has 1 heterocycles. The van der Waals surface area contributed by atoms with E-state index in [4.69, 9.17) is 16.7 Å². The topological polar surface area (TPSA) is 33.1 Å². The van der Waals surface area contributed by atoms with Crippen LogP contribution in [0.1, 0.15) is 6.92 Å². The number of hydrogen-bond donors (Lipinski definition) is 1. The van der Waals surface area contributed by atoms with E-state index in [1.807, 2.05) is 0 Å². The molecule has 1 rings (SSSR count). The first-order chi connectivity index (χ1) is 5.70. The van der Waals surface area contributed by atoms with Crippen LogP contribution in [0.2, 0.25) is 5.02 Å². The van der Waals surface area contributed by atoms with E-state index in [9.17, 15) is 0 Å². The second-order valence-corrected chi connectivity index (χ2v) is 3.87. The number of aliphatic hydroxyl groups is 1. The standard InChI is InChI=1S/C8H10ClNOS/c1-6(11)5-12-8-7(9)3-2-4-10-8/h2-4,6,11H,5H2,1H3/t6-/m1/s1. The molecule has 1 atom stereocenters. The number of halogens is 1. The van der Waals surface area contributed by atoms with Crippen LogP contribution in [0.25, 0.3) is 0 Å². The molecule has 12 heavy (non-hydrogen) atoms.